The van der Waals surface area contributed by atoms with Gasteiger partial charge in [0.2, 0.25) is 0 Å². The topological polar surface area (TPSA) is 106 Å². The fraction of sp³-hybridized carbons (Fsp3) is 0. The Morgan fingerprint density at radius 1 is 1.29 bits per heavy atom. The van der Waals surface area contributed by atoms with E-state index < -0.39 is 15.7 Å². The monoisotopic (exact) mass is 316 g/mol. The molecule has 0 fully saturated rings. The van der Waals surface area contributed by atoms with Crippen molar-refractivity contribution in [3.8, 4) is 0 Å². The summed E-state index contributed by atoms with van der Waals surface area (Å²) in [5.74, 6) is 0. The van der Waals surface area contributed by atoms with Crippen molar-refractivity contribution in [1.82, 2.24) is 0 Å². The Hall–Kier alpha value is 1.75. The SMILES string of the molecule is O.[H-].[K+].[O]=[Os](=[O])([OH])[OH]. The Kier molecular flexibility index (Phi) is 13.4. The number of rotatable bonds is 0. The molecule has 4 N–H and O–H groups in total. The van der Waals surface area contributed by atoms with Crippen LogP contribution < -0.4 is 51.4 Å². The maximum absolute atomic E-state index is 8.85. The van der Waals surface area contributed by atoms with Gasteiger partial charge < -0.3 is 6.90 Å². The van der Waals surface area contributed by atoms with E-state index in [1.54, 1.807) is 0 Å². The van der Waals surface area contributed by atoms with Gasteiger partial charge in [-0.1, -0.05) is 0 Å². The van der Waals surface area contributed by atoms with Crippen molar-refractivity contribution >= 4 is 0 Å². The third-order valence-electron chi connectivity index (χ3n) is 0. The summed E-state index contributed by atoms with van der Waals surface area (Å²) in [5, 5.41) is 0. The quantitative estimate of drug-likeness (QED) is 0.436. The van der Waals surface area contributed by atoms with Gasteiger partial charge in [-0.15, -0.1) is 0 Å². The molecule has 0 aromatic heterocycles. The summed E-state index contributed by atoms with van der Waals surface area (Å²) < 4.78 is 32.0. The molecule has 0 heterocycles. The standard InChI is InChI=1S/K.3H2O.2O.Os.H/h;3*1H2;;;;/q+1;;;;;;+2;-1/p-2. The third kappa shape index (κ3) is 83.5. The first-order chi connectivity index (χ1) is 2.00. The van der Waals surface area contributed by atoms with Crippen LogP contribution in [0.15, 0.2) is 0 Å². The van der Waals surface area contributed by atoms with Crippen LogP contribution in [0.25, 0.3) is 0 Å². The van der Waals surface area contributed by atoms with Crippen molar-refractivity contribution in [2.45, 2.75) is 0 Å². The van der Waals surface area contributed by atoms with E-state index in [1.807, 2.05) is 0 Å². The van der Waals surface area contributed by atoms with Gasteiger partial charge in [0.1, 0.15) is 0 Å². The molecule has 0 aromatic rings. The molecule has 0 spiro atoms. The summed E-state index contributed by atoms with van der Waals surface area (Å²) in [7, 11) is 0. The second kappa shape index (κ2) is 5.88. The predicted octanol–water partition coefficient (Wildman–Crippen LogP) is -5.06. The molecule has 44 valence electrons. The summed E-state index contributed by atoms with van der Waals surface area (Å²) in [6.45, 7) is 0. The van der Waals surface area contributed by atoms with Crippen molar-refractivity contribution in [2.75, 3.05) is 0 Å². The zero-order valence-electron chi connectivity index (χ0n) is 4.56. The van der Waals surface area contributed by atoms with Crippen molar-refractivity contribution in [3.63, 3.8) is 0 Å². The Morgan fingerprint density at radius 3 is 1.29 bits per heavy atom. The van der Waals surface area contributed by atoms with Crippen molar-refractivity contribution in [2.24, 2.45) is 0 Å². The molecule has 0 saturated carbocycles. The Labute approximate surface area is 87.2 Å². The van der Waals surface area contributed by atoms with Crippen molar-refractivity contribution in [1.29, 1.82) is 0 Å². The summed E-state index contributed by atoms with van der Waals surface area (Å²) >= 11 is -5.56. The third-order valence-corrected chi connectivity index (χ3v) is 0. The second-order valence-electron chi connectivity index (χ2n) is 0.388. The van der Waals surface area contributed by atoms with E-state index in [4.69, 9.17) is 14.9 Å². The normalized spacial score (nSPS) is 10.6. The summed E-state index contributed by atoms with van der Waals surface area (Å²) in [6.07, 6.45) is 0. The van der Waals surface area contributed by atoms with Crippen molar-refractivity contribution in [3.05, 3.63) is 0 Å². The molecule has 0 aliphatic carbocycles. The zero-order valence-corrected chi connectivity index (χ0v) is 9.23. The summed E-state index contributed by atoms with van der Waals surface area (Å²) in [4.78, 5) is 0. The van der Waals surface area contributed by atoms with Gasteiger partial charge in [0, 0.05) is 0 Å². The van der Waals surface area contributed by atoms with E-state index in [9.17, 15) is 0 Å². The zero-order chi connectivity index (χ0) is 4.50. The number of hydrogen-bond acceptors (Lipinski definition) is 2. The Bertz CT molecular complexity index is 95.6. The molecule has 0 aliphatic heterocycles. The first-order valence-corrected chi connectivity index (χ1v) is 4.95. The number of hydrogen-bond donors (Lipinski definition) is 2. The first-order valence-electron chi connectivity index (χ1n) is 0.605. The molecule has 0 atom stereocenters. The summed E-state index contributed by atoms with van der Waals surface area (Å²) in [5.41, 5.74) is 0. The van der Waals surface area contributed by atoms with Gasteiger partial charge in [0.25, 0.3) is 0 Å². The van der Waals surface area contributed by atoms with Crippen LogP contribution in [0.3, 0.4) is 0 Å². The Morgan fingerprint density at radius 2 is 1.29 bits per heavy atom. The molecule has 7 heteroatoms. The fourth-order valence-corrected chi connectivity index (χ4v) is 0. The molecule has 7 heavy (non-hydrogen) atoms. The minimum atomic E-state index is -5.56. The van der Waals surface area contributed by atoms with Crippen molar-refractivity contribution < 1.29 is 88.8 Å². The van der Waals surface area contributed by atoms with E-state index in [0.717, 1.165) is 0 Å². The van der Waals surface area contributed by atoms with Crippen LogP contribution >= 0.6 is 0 Å². The van der Waals surface area contributed by atoms with E-state index in [0.29, 0.717) is 0 Å². The molecular weight excluding hydrogens is 309 g/mol. The molecule has 0 rings (SSSR count). The average Bonchev–Trinajstić information content (AvgIpc) is 0.722. The van der Waals surface area contributed by atoms with Crippen LogP contribution in [-0.2, 0) is 22.7 Å². The Balaban J connectivity index is -0.0000000267. The van der Waals surface area contributed by atoms with E-state index in [-0.39, 0.29) is 58.3 Å². The van der Waals surface area contributed by atoms with Crippen LogP contribution in [0.5, 0.6) is 0 Å². The molecule has 0 aliphatic rings. The van der Waals surface area contributed by atoms with Crippen LogP contribution in [0.2, 0.25) is 0 Å². The summed E-state index contributed by atoms with van der Waals surface area (Å²) in [6, 6.07) is 0. The van der Waals surface area contributed by atoms with Crippen LogP contribution in [0.1, 0.15) is 1.43 Å². The van der Waals surface area contributed by atoms with E-state index in [2.05, 4.69) is 0 Å². The van der Waals surface area contributed by atoms with Gasteiger partial charge in [-0.2, -0.15) is 0 Å². The van der Waals surface area contributed by atoms with Gasteiger partial charge in [0.15, 0.2) is 0 Å². The molecule has 0 unspecified atom stereocenters. The maximum atomic E-state index is 8.85. The molecule has 0 amide bonds. The van der Waals surface area contributed by atoms with Gasteiger partial charge in [-0.05, 0) is 0 Å². The van der Waals surface area contributed by atoms with Crippen LogP contribution in [0, 0.1) is 0 Å². The first kappa shape index (κ1) is 15.9. The van der Waals surface area contributed by atoms with Crippen LogP contribution in [0.4, 0.5) is 0 Å². The van der Waals surface area contributed by atoms with E-state index >= 15 is 0 Å². The molecular formula is H5KO5Os. The van der Waals surface area contributed by atoms with Crippen LogP contribution in [-0.4, -0.2) is 13.3 Å². The molecule has 5 nitrogen and oxygen atoms in total. The average molecular weight is 314 g/mol. The second-order valence-corrected chi connectivity index (χ2v) is 3.17. The molecule has 0 radical (unpaired) electrons. The minimum absolute atomic E-state index is 0. The van der Waals surface area contributed by atoms with E-state index in [1.165, 1.54) is 0 Å². The van der Waals surface area contributed by atoms with Gasteiger partial charge in [0.05, 0.1) is 0 Å². The van der Waals surface area contributed by atoms with Gasteiger partial charge >= 0.3 is 81.9 Å². The molecule has 0 aromatic carbocycles. The fourth-order valence-electron chi connectivity index (χ4n) is 0. The molecule has 0 saturated heterocycles. The predicted molar refractivity (Wildman–Crippen MR) is 10.5 cm³/mol. The van der Waals surface area contributed by atoms with Gasteiger partial charge in [-0.25, -0.2) is 0 Å². The van der Waals surface area contributed by atoms with Gasteiger partial charge in [-0.3, -0.25) is 0 Å². The molecule has 0 bridgehead atoms.